The third-order valence-electron chi connectivity index (χ3n) is 4.31. The fourth-order valence-electron chi connectivity index (χ4n) is 2.78. The van der Waals surface area contributed by atoms with Gasteiger partial charge < -0.3 is 14.0 Å². The van der Waals surface area contributed by atoms with Crippen LogP contribution in [-0.4, -0.2) is 31.8 Å². The van der Waals surface area contributed by atoms with Gasteiger partial charge in [0.05, 0.1) is 10.6 Å². The molecular weight excluding hydrogens is 390 g/mol. The zero-order chi connectivity index (χ0) is 18.4. The normalized spacial score (nSPS) is 16.3. The van der Waals surface area contributed by atoms with Crippen molar-refractivity contribution >= 4 is 27.0 Å². The van der Waals surface area contributed by atoms with E-state index in [2.05, 4.69) is 14.9 Å². The van der Waals surface area contributed by atoms with Crippen molar-refractivity contribution in [2.24, 2.45) is 0 Å². The molecule has 10 heteroatoms. The van der Waals surface area contributed by atoms with E-state index < -0.39 is 10.0 Å². The lowest BCUT2D eigenvalue weighted by atomic mass is 10.3. The monoisotopic (exact) mass is 405 g/mol. The second-order valence-corrected chi connectivity index (χ2v) is 8.90. The van der Waals surface area contributed by atoms with Crippen molar-refractivity contribution in [3.05, 3.63) is 35.5 Å². The third kappa shape index (κ3) is 3.15. The number of nitrogens with one attached hydrogen (secondary N) is 1. The molecule has 1 fully saturated rings. The predicted molar refractivity (Wildman–Crippen MR) is 97.8 cm³/mol. The molecule has 1 N–H and O–H groups in total. The largest absolute Gasteiger partial charge is 0.486 e. The van der Waals surface area contributed by atoms with Crippen molar-refractivity contribution in [1.29, 1.82) is 0 Å². The van der Waals surface area contributed by atoms with Gasteiger partial charge in [-0.15, -0.1) is 11.3 Å². The van der Waals surface area contributed by atoms with E-state index in [1.54, 1.807) is 17.5 Å². The van der Waals surface area contributed by atoms with Crippen molar-refractivity contribution < 1.29 is 22.4 Å². The van der Waals surface area contributed by atoms with Crippen molar-refractivity contribution in [1.82, 2.24) is 10.1 Å². The van der Waals surface area contributed by atoms with Gasteiger partial charge >= 0.3 is 0 Å². The molecule has 1 aliphatic carbocycles. The average Bonchev–Trinajstić information content (AvgIpc) is 3.23. The minimum atomic E-state index is -3.81. The average molecular weight is 405 g/mol. The van der Waals surface area contributed by atoms with E-state index in [-0.39, 0.29) is 4.90 Å². The molecule has 3 aromatic rings. The van der Waals surface area contributed by atoms with E-state index in [4.69, 9.17) is 14.0 Å². The van der Waals surface area contributed by atoms with Crippen LogP contribution < -0.4 is 14.2 Å². The molecule has 2 aliphatic rings. The smallest absolute Gasteiger partial charge is 0.270 e. The summed E-state index contributed by atoms with van der Waals surface area (Å²) in [5.74, 6) is 2.32. The Balaban J connectivity index is 1.43. The maximum atomic E-state index is 12.8. The van der Waals surface area contributed by atoms with Gasteiger partial charge in [0.1, 0.15) is 18.1 Å². The molecule has 8 nitrogen and oxygen atoms in total. The summed E-state index contributed by atoms with van der Waals surface area (Å²) < 4.78 is 44.5. The standard InChI is InChI=1S/C17H15N3O5S2/c21-27(22,11-3-4-13-14(9-11)24-7-6-23-13)20-12-5-8-26-15(12)17-18-16(19-25-17)10-1-2-10/h3-5,8-10,20H,1-2,6-7H2. The molecule has 2 aromatic heterocycles. The first kappa shape index (κ1) is 16.6. The number of anilines is 1. The Morgan fingerprint density at radius 1 is 1.11 bits per heavy atom. The molecule has 0 amide bonds. The maximum Gasteiger partial charge on any atom is 0.270 e. The minimum absolute atomic E-state index is 0.0908. The Bertz CT molecular complexity index is 1100. The Morgan fingerprint density at radius 2 is 1.93 bits per heavy atom. The van der Waals surface area contributed by atoms with Crippen LogP contribution in [0.5, 0.6) is 11.5 Å². The number of ether oxygens (including phenoxy) is 2. The molecule has 0 bridgehead atoms. The molecule has 140 valence electrons. The van der Waals surface area contributed by atoms with Gasteiger partial charge in [0, 0.05) is 12.0 Å². The van der Waals surface area contributed by atoms with E-state index in [1.165, 1.54) is 23.5 Å². The highest BCUT2D eigenvalue weighted by Crippen LogP contribution is 2.41. The van der Waals surface area contributed by atoms with Gasteiger partial charge in [-0.05, 0) is 36.4 Å². The lowest BCUT2D eigenvalue weighted by molar-refractivity contribution is 0.171. The molecule has 1 aromatic carbocycles. The fraction of sp³-hybridized carbons (Fsp3) is 0.294. The lowest BCUT2D eigenvalue weighted by Crippen LogP contribution is -2.17. The van der Waals surface area contributed by atoms with Crippen molar-refractivity contribution in [3.8, 4) is 22.3 Å². The summed E-state index contributed by atoms with van der Waals surface area (Å²) in [4.78, 5) is 5.08. The molecule has 27 heavy (non-hydrogen) atoms. The molecule has 1 aliphatic heterocycles. The van der Waals surface area contributed by atoms with E-state index >= 15 is 0 Å². The highest BCUT2D eigenvalue weighted by Gasteiger charge is 2.30. The van der Waals surface area contributed by atoms with Crippen LogP contribution in [-0.2, 0) is 10.0 Å². The summed E-state index contributed by atoms with van der Waals surface area (Å²) in [6.07, 6.45) is 2.13. The summed E-state index contributed by atoms with van der Waals surface area (Å²) in [6, 6.07) is 6.22. The van der Waals surface area contributed by atoms with Crippen LogP contribution in [0.25, 0.3) is 10.8 Å². The van der Waals surface area contributed by atoms with Crippen LogP contribution in [0.4, 0.5) is 5.69 Å². The predicted octanol–water partition coefficient (Wildman–Crippen LogP) is 3.25. The third-order valence-corrected chi connectivity index (χ3v) is 6.58. The minimum Gasteiger partial charge on any atom is -0.486 e. The number of nitrogens with zero attached hydrogens (tertiary/aromatic N) is 2. The molecule has 5 rings (SSSR count). The van der Waals surface area contributed by atoms with Crippen LogP contribution in [0, 0.1) is 0 Å². The summed E-state index contributed by atoms with van der Waals surface area (Å²) in [5, 5.41) is 5.77. The number of benzene rings is 1. The van der Waals surface area contributed by atoms with Gasteiger partial charge in [0.2, 0.25) is 0 Å². The topological polar surface area (TPSA) is 104 Å². The second kappa shape index (κ2) is 6.24. The number of fused-ring (bicyclic) bond motifs is 1. The maximum absolute atomic E-state index is 12.8. The van der Waals surface area contributed by atoms with Gasteiger partial charge in [-0.1, -0.05) is 5.16 Å². The highest BCUT2D eigenvalue weighted by molar-refractivity contribution is 7.92. The van der Waals surface area contributed by atoms with Crippen molar-refractivity contribution in [2.45, 2.75) is 23.7 Å². The number of rotatable bonds is 5. The molecule has 0 radical (unpaired) electrons. The fourth-order valence-corrected chi connectivity index (χ4v) is 4.71. The summed E-state index contributed by atoms with van der Waals surface area (Å²) in [6.45, 7) is 0.835. The van der Waals surface area contributed by atoms with E-state index in [0.29, 0.717) is 52.9 Å². The van der Waals surface area contributed by atoms with Crippen LogP contribution in [0.1, 0.15) is 24.6 Å². The number of aromatic nitrogens is 2. The number of sulfonamides is 1. The van der Waals surface area contributed by atoms with Crippen molar-refractivity contribution in [3.63, 3.8) is 0 Å². The quantitative estimate of drug-likeness (QED) is 0.695. The molecule has 3 heterocycles. The SMILES string of the molecule is O=S(=O)(Nc1ccsc1-c1nc(C2CC2)no1)c1ccc2c(c1)OCCO2. The van der Waals surface area contributed by atoms with E-state index in [9.17, 15) is 8.42 Å². The lowest BCUT2D eigenvalue weighted by Gasteiger charge is -2.19. The van der Waals surface area contributed by atoms with E-state index in [1.807, 2.05) is 0 Å². The Labute approximate surface area is 159 Å². The highest BCUT2D eigenvalue weighted by atomic mass is 32.2. The zero-order valence-corrected chi connectivity index (χ0v) is 15.7. The Hall–Kier alpha value is -2.59. The zero-order valence-electron chi connectivity index (χ0n) is 14.0. The van der Waals surface area contributed by atoms with Crippen LogP contribution >= 0.6 is 11.3 Å². The number of hydrogen-bond acceptors (Lipinski definition) is 8. The summed E-state index contributed by atoms with van der Waals surface area (Å²) >= 11 is 1.34. The van der Waals surface area contributed by atoms with Crippen LogP contribution in [0.3, 0.4) is 0 Å². The van der Waals surface area contributed by atoms with Gasteiger partial charge in [-0.25, -0.2) is 8.42 Å². The number of thiophene rings is 1. The van der Waals surface area contributed by atoms with E-state index in [0.717, 1.165) is 12.8 Å². The van der Waals surface area contributed by atoms with Gasteiger partial charge in [-0.2, -0.15) is 4.98 Å². The van der Waals surface area contributed by atoms with Crippen LogP contribution in [0.2, 0.25) is 0 Å². The first-order chi connectivity index (χ1) is 13.1. The van der Waals surface area contributed by atoms with Crippen molar-refractivity contribution in [2.75, 3.05) is 17.9 Å². The molecular formula is C17H15N3O5S2. The van der Waals surface area contributed by atoms with Gasteiger partial charge in [0.15, 0.2) is 17.3 Å². The second-order valence-electron chi connectivity index (χ2n) is 6.31. The first-order valence-electron chi connectivity index (χ1n) is 8.44. The molecule has 1 saturated carbocycles. The summed E-state index contributed by atoms with van der Waals surface area (Å²) in [7, 11) is -3.81. The molecule has 0 atom stereocenters. The Morgan fingerprint density at radius 3 is 2.74 bits per heavy atom. The number of hydrogen-bond donors (Lipinski definition) is 1. The van der Waals surface area contributed by atoms with Crippen LogP contribution in [0.15, 0.2) is 39.1 Å². The summed E-state index contributed by atoms with van der Waals surface area (Å²) in [5.41, 5.74) is 0.404. The van der Waals surface area contributed by atoms with Gasteiger partial charge in [-0.3, -0.25) is 4.72 Å². The molecule has 0 spiro atoms. The first-order valence-corrected chi connectivity index (χ1v) is 10.8. The molecule has 0 unspecified atom stereocenters. The molecule has 0 saturated heterocycles. The van der Waals surface area contributed by atoms with Gasteiger partial charge in [0.25, 0.3) is 15.9 Å². The Kier molecular flexibility index (Phi) is 3.83.